The zero-order valence-corrected chi connectivity index (χ0v) is 28.4. The molecule has 0 spiro atoms. The fourth-order valence-corrected chi connectivity index (χ4v) is 5.43. The smallest absolute Gasteiger partial charge is 0.255 e. The SMILES string of the molecule is CC(C)C[C@H]1NC(=O)C[C@@H](C(=O)NCCOc2ccc(F)cc2)NC(=O)c2ccccc2OC[C@@H](Cc2ccccc2)NC(=O)CN(C)C1=O. The molecule has 12 nitrogen and oxygen atoms in total. The minimum absolute atomic E-state index is 0.00340. The van der Waals surface area contributed by atoms with Gasteiger partial charge in [0, 0.05) is 7.05 Å². The van der Waals surface area contributed by atoms with Gasteiger partial charge in [-0.3, -0.25) is 24.0 Å². The lowest BCUT2D eigenvalue weighted by Crippen LogP contribution is -2.53. The Bertz CT molecular complexity index is 1620. The number of amides is 5. The first-order valence-corrected chi connectivity index (χ1v) is 16.5. The first kappa shape index (κ1) is 37.4. The second-order valence-electron chi connectivity index (χ2n) is 12.5. The van der Waals surface area contributed by atoms with Gasteiger partial charge in [-0.25, -0.2) is 4.39 Å². The van der Waals surface area contributed by atoms with Crippen LogP contribution in [0.3, 0.4) is 0 Å². The highest BCUT2D eigenvalue weighted by atomic mass is 19.1. The van der Waals surface area contributed by atoms with Crippen LogP contribution < -0.4 is 30.7 Å². The molecule has 0 bridgehead atoms. The van der Waals surface area contributed by atoms with E-state index in [9.17, 15) is 28.4 Å². The van der Waals surface area contributed by atoms with Crippen molar-refractivity contribution in [1.82, 2.24) is 26.2 Å². The van der Waals surface area contributed by atoms with Crippen molar-refractivity contribution in [3.63, 3.8) is 0 Å². The summed E-state index contributed by atoms with van der Waals surface area (Å²) in [5.74, 6) is -2.67. The molecule has 0 fully saturated rings. The largest absolute Gasteiger partial charge is 0.492 e. The third-order valence-electron chi connectivity index (χ3n) is 7.85. The standard InChI is InChI=1S/C37H44FN5O7/c1-24(2)19-31-37(48)43(3)22-34(45)40-27(20-25-9-5-4-6-10-25)23-50-32-12-8-7-11-29(32)35(46)42-30(21-33(44)41-31)36(47)39-17-18-49-28-15-13-26(38)14-16-28/h4-16,24,27,30-31H,17-23H2,1-3H3,(H,39,47)(H,40,45)(H,41,44)(H,42,46)/t27-,30+,31-/m1/s1. The van der Waals surface area contributed by atoms with Crippen molar-refractivity contribution in [3.05, 3.63) is 95.8 Å². The number of para-hydroxylation sites is 1. The van der Waals surface area contributed by atoms with Gasteiger partial charge in [-0.2, -0.15) is 0 Å². The Labute approximate surface area is 291 Å². The van der Waals surface area contributed by atoms with E-state index in [2.05, 4.69) is 21.3 Å². The third kappa shape index (κ3) is 11.6. The van der Waals surface area contributed by atoms with E-state index in [-0.39, 0.29) is 50.0 Å². The third-order valence-corrected chi connectivity index (χ3v) is 7.85. The molecule has 4 rings (SSSR count). The predicted octanol–water partition coefficient (Wildman–Crippen LogP) is 2.62. The minimum Gasteiger partial charge on any atom is -0.492 e. The summed E-state index contributed by atoms with van der Waals surface area (Å²) in [7, 11) is 1.49. The van der Waals surface area contributed by atoms with E-state index in [4.69, 9.17) is 9.47 Å². The van der Waals surface area contributed by atoms with Crippen LogP contribution >= 0.6 is 0 Å². The molecular weight excluding hydrogens is 645 g/mol. The van der Waals surface area contributed by atoms with Crippen molar-refractivity contribution in [2.24, 2.45) is 5.92 Å². The Morgan fingerprint density at radius 3 is 2.36 bits per heavy atom. The second kappa shape index (κ2) is 18.3. The summed E-state index contributed by atoms with van der Waals surface area (Å²) in [6.45, 7) is 3.57. The highest BCUT2D eigenvalue weighted by molar-refractivity contribution is 6.01. The van der Waals surface area contributed by atoms with Gasteiger partial charge in [0.1, 0.15) is 42.6 Å². The van der Waals surface area contributed by atoms with Crippen LogP contribution in [0, 0.1) is 11.7 Å². The van der Waals surface area contributed by atoms with Gasteiger partial charge in [0.05, 0.1) is 31.1 Å². The Hall–Kier alpha value is -5.46. The average molecular weight is 690 g/mol. The van der Waals surface area contributed by atoms with Crippen LogP contribution in [-0.4, -0.2) is 85.9 Å². The van der Waals surface area contributed by atoms with Gasteiger partial charge >= 0.3 is 0 Å². The molecule has 4 N–H and O–H groups in total. The molecule has 13 heteroatoms. The van der Waals surface area contributed by atoms with E-state index in [0.717, 1.165) is 5.56 Å². The van der Waals surface area contributed by atoms with E-state index < -0.39 is 59.9 Å². The van der Waals surface area contributed by atoms with Gasteiger partial charge < -0.3 is 35.6 Å². The summed E-state index contributed by atoms with van der Waals surface area (Å²) in [5, 5.41) is 11.0. The molecule has 266 valence electrons. The number of ether oxygens (including phenoxy) is 2. The Morgan fingerprint density at radius 1 is 0.940 bits per heavy atom. The number of hydrogen-bond acceptors (Lipinski definition) is 7. The number of rotatable bonds is 9. The zero-order valence-electron chi connectivity index (χ0n) is 28.4. The molecule has 3 atom stereocenters. The summed E-state index contributed by atoms with van der Waals surface area (Å²) in [5.41, 5.74) is 1.06. The molecule has 1 aliphatic rings. The van der Waals surface area contributed by atoms with Gasteiger partial charge in [-0.15, -0.1) is 0 Å². The van der Waals surface area contributed by atoms with Crippen molar-refractivity contribution in [2.75, 3.05) is 33.4 Å². The number of benzene rings is 3. The van der Waals surface area contributed by atoms with Crippen molar-refractivity contribution in [1.29, 1.82) is 0 Å². The van der Waals surface area contributed by atoms with Crippen LogP contribution in [0.25, 0.3) is 0 Å². The van der Waals surface area contributed by atoms with Crippen LogP contribution in [-0.2, 0) is 25.6 Å². The summed E-state index contributed by atoms with van der Waals surface area (Å²) in [6, 6.07) is 18.5. The molecule has 0 saturated carbocycles. The molecule has 0 radical (unpaired) electrons. The van der Waals surface area contributed by atoms with Crippen LogP contribution in [0.2, 0.25) is 0 Å². The number of likely N-dealkylation sites (N-methyl/N-ethyl adjacent to an activating group) is 1. The normalized spacial score (nSPS) is 19.3. The summed E-state index contributed by atoms with van der Waals surface area (Å²) < 4.78 is 24.9. The fourth-order valence-electron chi connectivity index (χ4n) is 5.43. The van der Waals surface area contributed by atoms with E-state index in [1.54, 1.807) is 18.2 Å². The number of fused-ring (bicyclic) bond motifs is 1. The van der Waals surface area contributed by atoms with Gasteiger partial charge in [-0.1, -0.05) is 56.3 Å². The molecule has 0 unspecified atom stereocenters. The van der Waals surface area contributed by atoms with Gasteiger partial charge in [0.15, 0.2) is 0 Å². The summed E-state index contributed by atoms with van der Waals surface area (Å²) in [4.78, 5) is 68.5. The molecule has 1 aliphatic heterocycles. The fraction of sp³-hybridized carbons (Fsp3) is 0.378. The zero-order chi connectivity index (χ0) is 36.0. The van der Waals surface area contributed by atoms with Gasteiger partial charge in [-0.05, 0) is 60.7 Å². The summed E-state index contributed by atoms with van der Waals surface area (Å²) >= 11 is 0. The number of nitrogens with zero attached hydrogens (tertiary/aromatic N) is 1. The first-order valence-electron chi connectivity index (χ1n) is 16.5. The van der Waals surface area contributed by atoms with Crippen LogP contribution in [0.4, 0.5) is 4.39 Å². The highest BCUT2D eigenvalue weighted by Gasteiger charge is 2.31. The monoisotopic (exact) mass is 689 g/mol. The maximum atomic E-state index is 13.7. The number of carbonyl (C=O) groups excluding carboxylic acids is 5. The molecule has 0 saturated heterocycles. The molecule has 5 amide bonds. The van der Waals surface area contributed by atoms with Gasteiger partial charge in [0.25, 0.3) is 5.91 Å². The molecule has 3 aromatic carbocycles. The average Bonchev–Trinajstić information content (AvgIpc) is 3.08. The lowest BCUT2D eigenvalue weighted by atomic mass is 10.0. The lowest BCUT2D eigenvalue weighted by molar-refractivity contribution is -0.139. The Kier molecular flexibility index (Phi) is 13.7. The lowest BCUT2D eigenvalue weighted by Gasteiger charge is -2.27. The van der Waals surface area contributed by atoms with E-state index >= 15 is 0 Å². The van der Waals surface area contributed by atoms with Crippen LogP contribution in [0.5, 0.6) is 11.5 Å². The molecular formula is C37H44FN5O7. The molecule has 3 aromatic rings. The van der Waals surface area contributed by atoms with E-state index in [1.165, 1.54) is 42.3 Å². The predicted molar refractivity (Wildman–Crippen MR) is 184 cm³/mol. The first-order chi connectivity index (χ1) is 24.0. The van der Waals surface area contributed by atoms with E-state index in [1.807, 2.05) is 44.2 Å². The van der Waals surface area contributed by atoms with Crippen LogP contribution in [0.1, 0.15) is 42.6 Å². The highest BCUT2D eigenvalue weighted by Crippen LogP contribution is 2.20. The second-order valence-corrected chi connectivity index (χ2v) is 12.5. The summed E-state index contributed by atoms with van der Waals surface area (Å²) in [6.07, 6.45) is 0.209. The number of nitrogens with one attached hydrogen (secondary N) is 4. The molecule has 0 aliphatic carbocycles. The molecule has 50 heavy (non-hydrogen) atoms. The maximum absolute atomic E-state index is 13.7. The van der Waals surface area contributed by atoms with Crippen LogP contribution in [0.15, 0.2) is 78.9 Å². The van der Waals surface area contributed by atoms with E-state index in [0.29, 0.717) is 12.2 Å². The Balaban J connectivity index is 1.58. The quantitative estimate of drug-likeness (QED) is 0.252. The van der Waals surface area contributed by atoms with Crippen molar-refractivity contribution in [3.8, 4) is 11.5 Å². The Morgan fingerprint density at radius 2 is 1.64 bits per heavy atom. The number of carbonyl (C=O) groups is 5. The maximum Gasteiger partial charge on any atom is 0.255 e. The van der Waals surface area contributed by atoms with Gasteiger partial charge in [0.2, 0.25) is 23.6 Å². The number of hydrogen-bond donors (Lipinski definition) is 4. The minimum atomic E-state index is -1.33. The van der Waals surface area contributed by atoms with Crippen molar-refractivity contribution >= 4 is 29.5 Å². The molecule has 1 heterocycles. The number of halogens is 1. The van der Waals surface area contributed by atoms with Crippen molar-refractivity contribution in [2.45, 2.75) is 51.2 Å². The molecule has 0 aromatic heterocycles. The topological polar surface area (TPSA) is 155 Å². The van der Waals surface area contributed by atoms with Crippen molar-refractivity contribution < 1.29 is 37.8 Å².